The topological polar surface area (TPSA) is 89.3 Å². The number of pyridine rings is 1. The summed E-state index contributed by atoms with van der Waals surface area (Å²) in [6, 6.07) is 6.23. The number of hydrogen-bond donors (Lipinski definition) is 3. The van der Waals surface area contributed by atoms with Crippen molar-refractivity contribution in [2.24, 2.45) is 5.73 Å². The van der Waals surface area contributed by atoms with E-state index in [1.54, 1.807) is 7.11 Å². The summed E-state index contributed by atoms with van der Waals surface area (Å²) in [5, 5.41) is 7.38. The van der Waals surface area contributed by atoms with Crippen LogP contribution in [0.5, 0.6) is 5.75 Å². The number of anilines is 1. The molecule has 0 radical (unpaired) electrons. The van der Waals surface area contributed by atoms with Crippen molar-refractivity contribution < 1.29 is 9.53 Å². The number of nitrogens with one attached hydrogen (secondary N) is 2. The molecular formula is C18H26N4O2. The third-order valence-electron chi connectivity index (χ3n) is 4.00. The van der Waals surface area contributed by atoms with E-state index in [0.717, 1.165) is 35.2 Å². The van der Waals surface area contributed by atoms with Gasteiger partial charge in [0.15, 0.2) is 0 Å². The molecule has 24 heavy (non-hydrogen) atoms. The summed E-state index contributed by atoms with van der Waals surface area (Å²) in [7, 11) is 1.67. The minimum atomic E-state index is -0.117. The van der Waals surface area contributed by atoms with Crippen molar-refractivity contribution in [3.8, 4) is 5.75 Å². The highest BCUT2D eigenvalue weighted by Gasteiger charge is 2.10. The maximum Gasteiger partial charge on any atom is 0.233 e. The fourth-order valence-electron chi connectivity index (χ4n) is 2.63. The Kier molecular flexibility index (Phi) is 6.37. The van der Waals surface area contributed by atoms with E-state index in [4.69, 9.17) is 10.5 Å². The summed E-state index contributed by atoms with van der Waals surface area (Å²) in [4.78, 5) is 15.6. The van der Waals surface area contributed by atoms with Gasteiger partial charge in [-0.05, 0) is 44.4 Å². The van der Waals surface area contributed by atoms with Crippen molar-refractivity contribution in [2.75, 3.05) is 25.5 Å². The predicted molar refractivity (Wildman–Crippen MR) is 97.4 cm³/mol. The van der Waals surface area contributed by atoms with Crippen molar-refractivity contribution in [1.29, 1.82) is 0 Å². The second-order valence-electron chi connectivity index (χ2n) is 5.94. The minimum absolute atomic E-state index is 0.0363. The molecule has 0 saturated heterocycles. The van der Waals surface area contributed by atoms with Gasteiger partial charge in [-0.3, -0.25) is 9.78 Å². The SMILES string of the molecule is COc1cc(NC(C)CCCNC(=O)CN)c2nccc(C)c2c1. The molecule has 2 aromatic rings. The van der Waals surface area contributed by atoms with Gasteiger partial charge in [-0.2, -0.15) is 0 Å². The molecule has 6 heteroatoms. The summed E-state index contributed by atoms with van der Waals surface area (Å²) in [5.41, 5.74) is 8.34. The summed E-state index contributed by atoms with van der Waals surface area (Å²) < 4.78 is 5.41. The Morgan fingerprint density at radius 3 is 2.92 bits per heavy atom. The molecule has 0 aliphatic rings. The number of ether oxygens (including phenoxy) is 1. The smallest absolute Gasteiger partial charge is 0.233 e. The lowest BCUT2D eigenvalue weighted by molar-refractivity contribution is -0.119. The third-order valence-corrected chi connectivity index (χ3v) is 4.00. The Morgan fingerprint density at radius 1 is 1.42 bits per heavy atom. The number of rotatable bonds is 8. The molecule has 4 N–H and O–H groups in total. The molecule has 1 unspecified atom stereocenters. The molecule has 0 aliphatic heterocycles. The van der Waals surface area contributed by atoms with E-state index < -0.39 is 0 Å². The number of amides is 1. The van der Waals surface area contributed by atoms with Crippen LogP contribution in [0.3, 0.4) is 0 Å². The van der Waals surface area contributed by atoms with E-state index >= 15 is 0 Å². The normalized spacial score (nSPS) is 12.0. The second kappa shape index (κ2) is 8.49. The molecule has 0 bridgehead atoms. The van der Waals surface area contributed by atoms with Crippen LogP contribution < -0.4 is 21.1 Å². The number of nitrogens with zero attached hydrogens (tertiary/aromatic N) is 1. The first kappa shape index (κ1) is 18.0. The van der Waals surface area contributed by atoms with Crippen LogP contribution in [-0.4, -0.2) is 37.1 Å². The van der Waals surface area contributed by atoms with Gasteiger partial charge in [0.2, 0.25) is 5.91 Å². The van der Waals surface area contributed by atoms with Crippen molar-refractivity contribution in [1.82, 2.24) is 10.3 Å². The van der Waals surface area contributed by atoms with Gasteiger partial charge in [-0.25, -0.2) is 0 Å². The largest absolute Gasteiger partial charge is 0.497 e. The van der Waals surface area contributed by atoms with Crippen LogP contribution in [0.1, 0.15) is 25.3 Å². The Morgan fingerprint density at radius 2 is 2.21 bits per heavy atom. The van der Waals surface area contributed by atoms with Crippen LogP contribution in [0.15, 0.2) is 24.4 Å². The summed E-state index contributed by atoms with van der Waals surface area (Å²) >= 11 is 0. The van der Waals surface area contributed by atoms with Gasteiger partial charge in [0.05, 0.1) is 24.9 Å². The molecule has 1 atom stereocenters. The molecule has 1 aromatic carbocycles. The molecule has 130 valence electrons. The van der Waals surface area contributed by atoms with Crippen LogP contribution in [-0.2, 0) is 4.79 Å². The number of carbonyl (C=O) groups is 1. The number of aryl methyl sites for hydroxylation is 1. The van der Waals surface area contributed by atoms with Gasteiger partial charge in [0.25, 0.3) is 0 Å². The molecule has 0 spiro atoms. The molecular weight excluding hydrogens is 304 g/mol. The van der Waals surface area contributed by atoms with Crippen molar-refractivity contribution in [3.63, 3.8) is 0 Å². The van der Waals surface area contributed by atoms with Crippen molar-refractivity contribution >= 4 is 22.5 Å². The zero-order valence-electron chi connectivity index (χ0n) is 14.6. The average molecular weight is 330 g/mol. The molecule has 0 fully saturated rings. The maximum absolute atomic E-state index is 11.1. The first-order chi connectivity index (χ1) is 11.5. The number of carbonyl (C=O) groups excluding carboxylic acids is 1. The fraction of sp³-hybridized carbons (Fsp3) is 0.444. The van der Waals surface area contributed by atoms with Crippen molar-refractivity contribution in [2.45, 2.75) is 32.7 Å². The lowest BCUT2D eigenvalue weighted by Crippen LogP contribution is -2.31. The highest BCUT2D eigenvalue weighted by atomic mass is 16.5. The summed E-state index contributed by atoms with van der Waals surface area (Å²) in [6.07, 6.45) is 3.63. The third kappa shape index (κ3) is 4.58. The number of nitrogens with two attached hydrogens (primary N) is 1. The molecule has 1 heterocycles. The van der Waals surface area contributed by atoms with Gasteiger partial charge < -0.3 is 21.1 Å². The monoisotopic (exact) mass is 330 g/mol. The van der Waals surface area contributed by atoms with Gasteiger partial charge in [0, 0.05) is 30.2 Å². The number of hydrogen-bond acceptors (Lipinski definition) is 5. The van der Waals surface area contributed by atoms with Gasteiger partial charge in [-0.15, -0.1) is 0 Å². The Labute approximate surface area is 142 Å². The van der Waals surface area contributed by atoms with Crippen LogP contribution in [0.25, 0.3) is 10.9 Å². The number of fused-ring (bicyclic) bond motifs is 1. The summed E-state index contributed by atoms with van der Waals surface area (Å²) in [6.45, 7) is 4.86. The first-order valence-electron chi connectivity index (χ1n) is 8.21. The molecule has 6 nitrogen and oxygen atoms in total. The predicted octanol–water partition coefficient (Wildman–Crippen LogP) is 2.21. The first-order valence-corrected chi connectivity index (χ1v) is 8.21. The second-order valence-corrected chi connectivity index (χ2v) is 5.94. The van der Waals surface area contributed by atoms with Gasteiger partial charge >= 0.3 is 0 Å². The molecule has 0 aliphatic carbocycles. The van der Waals surface area contributed by atoms with E-state index in [-0.39, 0.29) is 18.5 Å². The van der Waals surface area contributed by atoms with Crippen LogP contribution >= 0.6 is 0 Å². The standard InChI is InChI=1S/C18H26N4O2/c1-12-6-8-21-18-15(12)9-14(24-3)10-16(18)22-13(2)5-4-7-20-17(23)11-19/h6,8-10,13,22H,4-5,7,11,19H2,1-3H3,(H,20,23). The fourth-order valence-corrected chi connectivity index (χ4v) is 2.63. The minimum Gasteiger partial charge on any atom is -0.497 e. The van der Waals surface area contributed by atoms with Crippen LogP contribution in [0.4, 0.5) is 5.69 Å². The lowest BCUT2D eigenvalue weighted by Gasteiger charge is -2.18. The number of aromatic nitrogens is 1. The quantitative estimate of drug-likeness (QED) is 0.646. The van der Waals surface area contributed by atoms with E-state index in [1.807, 2.05) is 24.4 Å². The maximum atomic E-state index is 11.1. The Bertz CT molecular complexity index is 703. The van der Waals surface area contributed by atoms with Gasteiger partial charge in [0.1, 0.15) is 5.75 Å². The Hall–Kier alpha value is -2.34. The molecule has 1 amide bonds. The van der Waals surface area contributed by atoms with E-state index in [9.17, 15) is 4.79 Å². The van der Waals surface area contributed by atoms with Crippen LogP contribution in [0.2, 0.25) is 0 Å². The highest BCUT2D eigenvalue weighted by Crippen LogP contribution is 2.30. The zero-order valence-corrected chi connectivity index (χ0v) is 14.6. The van der Waals surface area contributed by atoms with Crippen molar-refractivity contribution in [3.05, 3.63) is 30.0 Å². The van der Waals surface area contributed by atoms with Gasteiger partial charge in [-0.1, -0.05) is 0 Å². The Balaban J connectivity index is 2.06. The highest BCUT2D eigenvalue weighted by molar-refractivity contribution is 5.94. The van der Waals surface area contributed by atoms with E-state index in [0.29, 0.717) is 6.54 Å². The van der Waals surface area contributed by atoms with E-state index in [1.165, 1.54) is 5.56 Å². The number of methoxy groups -OCH3 is 1. The molecule has 1 aromatic heterocycles. The van der Waals surface area contributed by atoms with E-state index in [2.05, 4.69) is 29.5 Å². The zero-order chi connectivity index (χ0) is 17.5. The van der Waals surface area contributed by atoms with Crippen LogP contribution in [0, 0.1) is 6.92 Å². The molecule has 2 rings (SSSR count). The lowest BCUT2D eigenvalue weighted by atomic mass is 10.1. The molecule has 0 saturated carbocycles. The average Bonchev–Trinajstić information content (AvgIpc) is 2.59. The summed E-state index contributed by atoms with van der Waals surface area (Å²) in [5.74, 6) is 0.692. The number of benzene rings is 1.